The summed E-state index contributed by atoms with van der Waals surface area (Å²) in [5, 5.41) is 2.78. The van der Waals surface area contributed by atoms with Crippen molar-refractivity contribution in [3.05, 3.63) is 46.4 Å². The van der Waals surface area contributed by atoms with E-state index in [1.165, 1.54) is 6.92 Å². The van der Waals surface area contributed by atoms with Crippen molar-refractivity contribution in [2.45, 2.75) is 13.8 Å². The zero-order valence-electron chi connectivity index (χ0n) is 11.7. The Kier molecular flexibility index (Phi) is 4.45. The van der Waals surface area contributed by atoms with Gasteiger partial charge in [0.05, 0.1) is 12.8 Å². The Morgan fingerprint density at radius 3 is 2.50 bits per heavy atom. The molecule has 0 aliphatic heterocycles. The summed E-state index contributed by atoms with van der Waals surface area (Å²) in [6.07, 6.45) is 0. The van der Waals surface area contributed by atoms with Crippen molar-refractivity contribution in [3.8, 4) is 16.9 Å². The third kappa shape index (κ3) is 3.20. The van der Waals surface area contributed by atoms with Gasteiger partial charge in [0.2, 0.25) is 5.91 Å². The SMILES string of the molecule is COc1ccc(-c2ccc(NC(C)=O)c(Br)c2)c(C)c1. The van der Waals surface area contributed by atoms with Crippen molar-refractivity contribution in [1.29, 1.82) is 0 Å². The fourth-order valence-corrected chi connectivity index (χ4v) is 2.54. The van der Waals surface area contributed by atoms with Crippen molar-refractivity contribution in [3.63, 3.8) is 0 Å². The van der Waals surface area contributed by atoms with Crippen LogP contribution in [0.2, 0.25) is 0 Å². The summed E-state index contributed by atoms with van der Waals surface area (Å²) in [6, 6.07) is 11.9. The molecule has 0 aliphatic rings. The van der Waals surface area contributed by atoms with E-state index in [-0.39, 0.29) is 5.91 Å². The fourth-order valence-electron chi connectivity index (χ4n) is 2.06. The number of halogens is 1. The lowest BCUT2D eigenvalue weighted by Crippen LogP contribution is -2.06. The van der Waals surface area contributed by atoms with E-state index >= 15 is 0 Å². The molecule has 4 heteroatoms. The second kappa shape index (κ2) is 6.09. The highest BCUT2D eigenvalue weighted by atomic mass is 79.9. The van der Waals surface area contributed by atoms with Crippen LogP contribution in [0, 0.1) is 6.92 Å². The first-order chi connectivity index (χ1) is 9.51. The zero-order valence-corrected chi connectivity index (χ0v) is 13.2. The summed E-state index contributed by atoms with van der Waals surface area (Å²) in [5.41, 5.74) is 4.14. The molecule has 104 valence electrons. The van der Waals surface area contributed by atoms with Crippen LogP contribution < -0.4 is 10.1 Å². The Morgan fingerprint density at radius 2 is 1.95 bits per heavy atom. The quantitative estimate of drug-likeness (QED) is 0.904. The summed E-state index contributed by atoms with van der Waals surface area (Å²) in [6.45, 7) is 3.54. The van der Waals surface area contributed by atoms with Crippen LogP contribution in [-0.2, 0) is 4.79 Å². The Labute approximate surface area is 127 Å². The Hall–Kier alpha value is -1.81. The van der Waals surface area contributed by atoms with Crippen molar-refractivity contribution < 1.29 is 9.53 Å². The van der Waals surface area contributed by atoms with E-state index in [9.17, 15) is 4.79 Å². The number of carbonyl (C=O) groups is 1. The van der Waals surface area contributed by atoms with Crippen molar-refractivity contribution in [2.75, 3.05) is 12.4 Å². The zero-order chi connectivity index (χ0) is 14.7. The number of hydrogen-bond acceptors (Lipinski definition) is 2. The van der Waals surface area contributed by atoms with E-state index in [4.69, 9.17) is 4.74 Å². The molecular weight excluding hydrogens is 318 g/mol. The number of nitrogens with one attached hydrogen (secondary N) is 1. The number of methoxy groups -OCH3 is 1. The molecule has 2 aromatic rings. The van der Waals surface area contributed by atoms with Gasteiger partial charge in [0.25, 0.3) is 0 Å². The number of hydrogen-bond donors (Lipinski definition) is 1. The number of ether oxygens (including phenoxy) is 1. The fraction of sp³-hybridized carbons (Fsp3) is 0.188. The van der Waals surface area contributed by atoms with Gasteiger partial charge in [-0.05, 0) is 63.8 Å². The van der Waals surface area contributed by atoms with E-state index < -0.39 is 0 Å². The molecule has 0 spiro atoms. The Bertz CT molecular complexity index is 653. The minimum atomic E-state index is -0.0842. The first-order valence-corrected chi connectivity index (χ1v) is 7.02. The number of amides is 1. The number of rotatable bonds is 3. The predicted molar refractivity (Wildman–Crippen MR) is 85.2 cm³/mol. The summed E-state index contributed by atoms with van der Waals surface area (Å²) in [5.74, 6) is 0.763. The summed E-state index contributed by atoms with van der Waals surface area (Å²) in [4.78, 5) is 11.1. The second-order valence-corrected chi connectivity index (χ2v) is 5.41. The second-order valence-electron chi connectivity index (χ2n) is 4.56. The highest BCUT2D eigenvalue weighted by molar-refractivity contribution is 9.10. The average molecular weight is 334 g/mol. The first-order valence-electron chi connectivity index (χ1n) is 6.23. The number of benzene rings is 2. The van der Waals surface area contributed by atoms with Gasteiger partial charge in [0.15, 0.2) is 0 Å². The minimum absolute atomic E-state index is 0.0842. The van der Waals surface area contributed by atoms with Crippen LogP contribution in [0.1, 0.15) is 12.5 Å². The van der Waals surface area contributed by atoms with Gasteiger partial charge >= 0.3 is 0 Å². The molecule has 1 amide bonds. The van der Waals surface area contributed by atoms with Gasteiger partial charge < -0.3 is 10.1 Å². The normalized spacial score (nSPS) is 10.2. The highest BCUT2D eigenvalue weighted by Crippen LogP contribution is 2.32. The van der Waals surface area contributed by atoms with Crippen molar-refractivity contribution in [2.24, 2.45) is 0 Å². The average Bonchev–Trinajstić information content (AvgIpc) is 2.40. The van der Waals surface area contributed by atoms with E-state index in [0.717, 1.165) is 32.6 Å². The van der Waals surface area contributed by atoms with Crippen LogP contribution in [0.25, 0.3) is 11.1 Å². The lowest BCUT2D eigenvalue weighted by Gasteiger charge is -2.11. The third-order valence-corrected chi connectivity index (χ3v) is 3.68. The molecule has 0 unspecified atom stereocenters. The van der Waals surface area contributed by atoms with Crippen LogP contribution in [0.3, 0.4) is 0 Å². The van der Waals surface area contributed by atoms with Crippen LogP contribution in [-0.4, -0.2) is 13.0 Å². The molecule has 0 radical (unpaired) electrons. The lowest BCUT2D eigenvalue weighted by molar-refractivity contribution is -0.114. The largest absolute Gasteiger partial charge is 0.497 e. The molecule has 0 fully saturated rings. The summed E-state index contributed by atoms with van der Waals surface area (Å²) >= 11 is 3.49. The van der Waals surface area contributed by atoms with Crippen molar-refractivity contribution in [1.82, 2.24) is 0 Å². The van der Waals surface area contributed by atoms with E-state index in [0.29, 0.717) is 0 Å². The molecule has 0 bridgehead atoms. The monoisotopic (exact) mass is 333 g/mol. The minimum Gasteiger partial charge on any atom is -0.497 e. The molecule has 2 rings (SSSR count). The van der Waals surface area contributed by atoms with Crippen LogP contribution in [0.5, 0.6) is 5.75 Å². The van der Waals surface area contributed by atoms with Gasteiger partial charge in [0, 0.05) is 11.4 Å². The lowest BCUT2D eigenvalue weighted by atomic mass is 10.00. The molecule has 0 atom stereocenters. The van der Waals surface area contributed by atoms with Crippen LogP contribution >= 0.6 is 15.9 Å². The molecule has 0 saturated heterocycles. The summed E-state index contributed by atoms with van der Waals surface area (Å²) < 4.78 is 6.08. The number of carbonyl (C=O) groups excluding carboxylic acids is 1. The molecule has 0 aliphatic carbocycles. The molecule has 2 aromatic carbocycles. The maximum atomic E-state index is 11.1. The van der Waals surface area contributed by atoms with Crippen LogP contribution in [0.15, 0.2) is 40.9 Å². The number of anilines is 1. The molecule has 0 saturated carbocycles. The van der Waals surface area contributed by atoms with Crippen LogP contribution in [0.4, 0.5) is 5.69 Å². The van der Waals surface area contributed by atoms with Gasteiger partial charge in [-0.3, -0.25) is 4.79 Å². The third-order valence-electron chi connectivity index (χ3n) is 3.02. The smallest absolute Gasteiger partial charge is 0.221 e. The molecule has 0 heterocycles. The van der Waals surface area contributed by atoms with E-state index in [1.807, 2.05) is 43.3 Å². The van der Waals surface area contributed by atoms with Gasteiger partial charge in [-0.2, -0.15) is 0 Å². The van der Waals surface area contributed by atoms with Crippen molar-refractivity contribution >= 4 is 27.5 Å². The Morgan fingerprint density at radius 1 is 1.20 bits per heavy atom. The predicted octanol–water partition coefficient (Wildman–Crippen LogP) is 4.39. The van der Waals surface area contributed by atoms with E-state index in [1.54, 1.807) is 7.11 Å². The molecule has 1 N–H and O–H groups in total. The van der Waals surface area contributed by atoms with E-state index in [2.05, 4.69) is 21.2 Å². The molecule has 20 heavy (non-hydrogen) atoms. The van der Waals surface area contributed by atoms with Gasteiger partial charge in [0.1, 0.15) is 5.75 Å². The topological polar surface area (TPSA) is 38.3 Å². The van der Waals surface area contributed by atoms with Gasteiger partial charge in [-0.15, -0.1) is 0 Å². The maximum Gasteiger partial charge on any atom is 0.221 e. The molecule has 3 nitrogen and oxygen atoms in total. The summed E-state index contributed by atoms with van der Waals surface area (Å²) in [7, 11) is 1.66. The number of aryl methyl sites for hydroxylation is 1. The Balaban J connectivity index is 2.39. The first kappa shape index (κ1) is 14.6. The van der Waals surface area contributed by atoms with Gasteiger partial charge in [-0.1, -0.05) is 12.1 Å². The standard InChI is InChI=1S/C16H16BrNO2/c1-10-8-13(20-3)5-6-14(10)12-4-7-16(15(17)9-12)18-11(2)19/h4-9H,1-3H3,(H,18,19). The highest BCUT2D eigenvalue weighted by Gasteiger charge is 2.07. The molecule has 0 aromatic heterocycles. The maximum absolute atomic E-state index is 11.1. The molecular formula is C16H16BrNO2. The van der Waals surface area contributed by atoms with Gasteiger partial charge in [-0.25, -0.2) is 0 Å².